The number of nitrogens with one attached hydrogen (secondary N) is 1. The Morgan fingerprint density at radius 2 is 1.84 bits per heavy atom. The van der Waals surface area contributed by atoms with Crippen LogP contribution < -0.4 is 5.32 Å². The first-order chi connectivity index (χ1) is 8.84. The molecule has 19 heavy (non-hydrogen) atoms. The fourth-order valence-electron chi connectivity index (χ4n) is 1.50. The van der Waals surface area contributed by atoms with Crippen molar-refractivity contribution in [2.45, 2.75) is 36.5 Å². The fourth-order valence-corrected chi connectivity index (χ4v) is 2.22. The summed E-state index contributed by atoms with van der Waals surface area (Å²) in [5.74, 6) is -3.41. The van der Waals surface area contributed by atoms with Gasteiger partial charge in [-0.1, -0.05) is 0 Å². The predicted octanol–water partition coefficient (Wildman–Crippen LogP) is 2.26. The normalized spacial score (nSPS) is 13.5. The molecule has 2 N–H and O–H groups in total. The highest BCUT2D eigenvalue weighted by Crippen LogP contribution is 2.20. The number of halogens is 2. The number of sulfone groups is 1. The van der Waals surface area contributed by atoms with Gasteiger partial charge in [0.05, 0.1) is 11.0 Å². The molecule has 1 aromatic carbocycles. The van der Waals surface area contributed by atoms with Crippen LogP contribution in [0.1, 0.15) is 19.8 Å². The summed E-state index contributed by atoms with van der Waals surface area (Å²) in [5.41, 5.74) is 0.652. The third-order valence-electron chi connectivity index (χ3n) is 2.55. The van der Waals surface area contributed by atoms with Gasteiger partial charge in [0.2, 0.25) is 9.84 Å². The van der Waals surface area contributed by atoms with Crippen molar-refractivity contribution in [3.8, 4) is 0 Å². The first kappa shape index (κ1) is 15.8. The summed E-state index contributed by atoms with van der Waals surface area (Å²) in [6.45, 7) is 2.32. The number of benzene rings is 1. The molecule has 4 nitrogen and oxygen atoms in total. The second-order valence-corrected chi connectivity index (χ2v) is 6.17. The van der Waals surface area contributed by atoms with E-state index < -0.39 is 20.5 Å². The summed E-state index contributed by atoms with van der Waals surface area (Å²) in [7, 11) is -4.52. The molecule has 0 fully saturated rings. The Labute approximate surface area is 111 Å². The van der Waals surface area contributed by atoms with Crippen LogP contribution in [-0.2, 0) is 9.84 Å². The van der Waals surface area contributed by atoms with Gasteiger partial charge in [-0.2, -0.15) is 8.78 Å². The minimum atomic E-state index is -4.52. The maximum atomic E-state index is 12.3. The van der Waals surface area contributed by atoms with Crippen LogP contribution in [0.5, 0.6) is 0 Å². The first-order valence-corrected chi connectivity index (χ1v) is 7.42. The number of hydrogen-bond acceptors (Lipinski definition) is 4. The Balaban J connectivity index is 2.58. The summed E-state index contributed by atoms with van der Waals surface area (Å²) in [6, 6.07) is 5.19. The highest BCUT2D eigenvalue weighted by Gasteiger charge is 2.26. The SMILES string of the molecule is CC(O)CCCNc1ccc(S(=O)(=O)C(F)F)cc1. The van der Waals surface area contributed by atoms with E-state index in [9.17, 15) is 17.2 Å². The molecule has 0 saturated heterocycles. The molecule has 108 valence electrons. The number of alkyl halides is 2. The first-order valence-electron chi connectivity index (χ1n) is 5.88. The number of aliphatic hydroxyl groups is 1. The van der Waals surface area contributed by atoms with Gasteiger partial charge in [-0.25, -0.2) is 8.42 Å². The van der Waals surface area contributed by atoms with E-state index in [1.54, 1.807) is 6.92 Å². The average molecular weight is 293 g/mol. The van der Waals surface area contributed by atoms with E-state index in [0.717, 1.165) is 18.6 Å². The maximum absolute atomic E-state index is 12.3. The quantitative estimate of drug-likeness (QED) is 0.757. The molecule has 0 aliphatic heterocycles. The van der Waals surface area contributed by atoms with Crippen LogP contribution in [0, 0.1) is 0 Å². The van der Waals surface area contributed by atoms with Crippen LogP contribution in [0.4, 0.5) is 14.5 Å². The molecule has 0 aliphatic carbocycles. The summed E-state index contributed by atoms with van der Waals surface area (Å²) in [5, 5.41) is 12.1. The monoisotopic (exact) mass is 293 g/mol. The van der Waals surface area contributed by atoms with Crippen LogP contribution in [0.15, 0.2) is 29.2 Å². The van der Waals surface area contributed by atoms with Crippen LogP contribution in [0.25, 0.3) is 0 Å². The number of rotatable bonds is 7. The molecule has 0 aromatic heterocycles. The van der Waals surface area contributed by atoms with Crippen LogP contribution >= 0.6 is 0 Å². The zero-order valence-electron chi connectivity index (χ0n) is 10.5. The van der Waals surface area contributed by atoms with Crippen molar-refractivity contribution in [2.75, 3.05) is 11.9 Å². The Morgan fingerprint density at radius 1 is 1.26 bits per heavy atom. The fraction of sp³-hybridized carbons (Fsp3) is 0.500. The van der Waals surface area contributed by atoms with Gasteiger partial charge in [-0.3, -0.25) is 0 Å². The van der Waals surface area contributed by atoms with Crippen molar-refractivity contribution in [1.29, 1.82) is 0 Å². The molecular weight excluding hydrogens is 276 g/mol. The number of anilines is 1. The van der Waals surface area contributed by atoms with Gasteiger partial charge in [-0.05, 0) is 44.0 Å². The molecule has 0 heterocycles. The molecular formula is C12H17F2NO3S. The van der Waals surface area contributed by atoms with Crippen LogP contribution in [0.3, 0.4) is 0 Å². The van der Waals surface area contributed by atoms with Gasteiger partial charge in [0.25, 0.3) is 0 Å². The molecule has 0 spiro atoms. The summed E-state index contributed by atoms with van der Waals surface area (Å²) in [4.78, 5) is -0.392. The predicted molar refractivity (Wildman–Crippen MR) is 69.0 cm³/mol. The molecule has 1 aromatic rings. The molecule has 1 rings (SSSR count). The average Bonchev–Trinajstić information content (AvgIpc) is 2.35. The van der Waals surface area contributed by atoms with Crippen molar-refractivity contribution in [3.05, 3.63) is 24.3 Å². The Morgan fingerprint density at radius 3 is 2.32 bits per heavy atom. The van der Waals surface area contributed by atoms with E-state index in [-0.39, 0.29) is 6.10 Å². The van der Waals surface area contributed by atoms with Crippen LogP contribution in [-0.4, -0.2) is 31.9 Å². The van der Waals surface area contributed by atoms with E-state index in [0.29, 0.717) is 18.7 Å². The summed E-state index contributed by atoms with van der Waals surface area (Å²) in [6.07, 6.45) is 1.06. The zero-order chi connectivity index (χ0) is 14.5. The van der Waals surface area contributed by atoms with E-state index >= 15 is 0 Å². The lowest BCUT2D eigenvalue weighted by Crippen LogP contribution is -2.11. The maximum Gasteiger partial charge on any atom is 0.341 e. The molecule has 0 aliphatic rings. The van der Waals surface area contributed by atoms with E-state index in [4.69, 9.17) is 5.11 Å². The molecule has 7 heteroatoms. The third kappa shape index (κ3) is 4.76. The number of aliphatic hydroxyl groups excluding tert-OH is 1. The highest BCUT2D eigenvalue weighted by molar-refractivity contribution is 7.91. The van der Waals surface area contributed by atoms with Gasteiger partial charge in [0, 0.05) is 12.2 Å². The van der Waals surface area contributed by atoms with Gasteiger partial charge < -0.3 is 10.4 Å². The van der Waals surface area contributed by atoms with Gasteiger partial charge in [0.1, 0.15) is 0 Å². The van der Waals surface area contributed by atoms with E-state index in [1.165, 1.54) is 12.1 Å². The van der Waals surface area contributed by atoms with Crippen molar-refractivity contribution in [3.63, 3.8) is 0 Å². The Kier molecular flexibility index (Phi) is 5.68. The van der Waals surface area contributed by atoms with Crippen molar-refractivity contribution >= 4 is 15.5 Å². The second kappa shape index (κ2) is 6.81. The lowest BCUT2D eigenvalue weighted by atomic mass is 10.2. The lowest BCUT2D eigenvalue weighted by Gasteiger charge is -2.08. The molecule has 1 unspecified atom stereocenters. The highest BCUT2D eigenvalue weighted by atomic mass is 32.2. The van der Waals surface area contributed by atoms with Crippen LogP contribution in [0.2, 0.25) is 0 Å². The smallest absolute Gasteiger partial charge is 0.341 e. The van der Waals surface area contributed by atoms with E-state index in [1.807, 2.05) is 0 Å². The van der Waals surface area contributed by atoms with Gasteiger partial charge >= 0.3 is 5.76 Å². The summed E-state index contributed by atoms with van der Waals surface area (Å²) >= 11 is 0. The second-order valence-electron chi connectivity index (χ2n) is 4.25. The van der Waals surface area contributed by atoms with Gasteiger partial charge in [0.15, 0.2) is 0 Å². The third-order valence-corrected chi connectivity index (χ3v) is 3.94. The minimum absolute atomic E-state index is 0.361. The molecule has 0 saturated carbocycles. The Bertz CT molecular complexity index is 486. The van der Waals surface area contributed by atoms with Crippen molar-refractivity contribution in [1.82, 2.24) is 0 Å². The topological polar surface area (TPSA) is 66.4 Å². The van der Waals surface area contributed by atoms with Crippen molar-refractivity contribution < 1.29 is 22.3 Å². The summed E-state index contributed by atoms with van der Waals surface area (Å²) < 4.78 is 47.0. The molecule has 0 amide bonds. The molecule has 0 radical (unpaired) electrons. The van der Waals surface area contributed by atoms with E-state index in [2.05, 4.69) is 5.32 Å². The Hall–Kier alpha value is -1.21. The number of hydrogen-bond donors (Lipinski definition) is 2. The van der Waals surface area contributed by atoms with Crippen molar-refractivity contribution in [2.24, 2.45) is 0 Å². The van der Waals surface area contributed by atoms with Gasteiger partial charge in [-0.15, -0.1) is 0 Å². The minimum Gasteiger partial charge on any atom is -0.393 e. The zero-order valence-corrected chi connectivity index (χ0v) is 11.3. The lowest BCUT2D eigenvalue weighted by molar-refractivity contribution is 0.183. The molecule has 1 atom stereocenters. The largest absolute Gasteiger partial charge is 0.393 e. The molecule has 0 bridgehead atoms. The standard InChI is InChI=1S/C12H17F2NO3S/c1-9(16)3-2-8-15-10-4-6-11(7-5-10)19(17,18)12(13)14/h4-7,9,12,15-16H,2-3,8H2,1H3.